The molecule has 0 radical (unpaired) electrons. The van der Waals surface area contributed by atoms with Crippen molar-refractivity contribution in [3.05, 3.63) is 47.4 Å². The number of rotatable bonds is 4. The first-order valence-electron chi connectivity index (χ1n) is 7.72. The molecule has 1 aromatic heterocycles. The highest BCUT2D eigenvalue weighted by Crippen LogP contribution is 2.17. The van der Waals surface area contributed by atoms with Crippen molar-refractivity contribution in [1.82, 2.24) is 14.9 Å². The lowest BCUT2D eigenvalue weighted by atomic mass is 10.1. The number of hydrogen-bond acceptors (Lipinski definition) is 6. The molecule has 1 aromatic carbocycles. The average Bonchev–Trinajstić information content (AvgIpc) is 2.64. The predicted molar refractivity (Wildman–Crippen MR) is 87.2 cm³/mol. The van der Waals surface area contributed by atoms with Gasteiger partial charge in [0.15, 0.2) is 0 Å². The van der Waals surface area contributed by atoms with Gasteiger partial charge in [0.1, 0.15) is 5.82 Å². The molecule has 6 nitrogen and oxygen atoms in total. The molecule has 0 amide bonds. The second-order valence-corrected chi connectivity index (χ2v) is 5.58. The molecular weight excluding hydrogens is 309 g/mol. The van der Waals surface area contributed by atoms with Gasteiger partial charge in [-0.1, -0.05) is 0 Å². The van der Waals surface area contributed by atoms with Crippen LogP contribution in [-0.2, 0) is 6.54 Å². The third-order valence-electron chi connectivity index (χ3n) is 4.05. The van der Waals surface area contributed by atoms with Gasteiger partial charge in [0, 0.05) is 50.6 Å². The summed E-state index contributed by atoms with van der Waals surface area (Å²) >= 11 is 0. The molecule has 2 aromatic rings. The SMILES string of the molecule is COc1ccnc(N2CCN(Cc3cc(C#N)ccc3F)CC2)n1. The van der Waals surface area contributed by atoms with Gasteiger partial charge in [-0.25, -0.2) is 9.37 Å². The van der Waals surface area contributed by atoms with Crippen LogP contribution in [0.25, 0.3) is 0 Å². The van der Waals surface area contributed by atoms with Crippen LogP contribution < -0.4 is 9.64 Å². The van der Waals surface area contributed by atoms with E-state index in [0.717, 1.165) is 26.2 Å². The van der Waals surface area contributed by atoms with E-state index in [1.165, 1.54) is 12.1 Å². The van der Waals surface area contributed by atoms with Gasteiger partial charge < -0.3 is 9.64 Å². The summed E-state index contributed by atoms with van der Waals surface area (Å²) in [6.45, 7) is 3.56. The van der Waals surface area contributed by atoms with Gasteiger partial charge >= 0.3 is 0 Å². The number of nitriles is 1. The lowest BCUT2D eigenvalue weighted by Gasteiger charge is -2.34. The molecule has 1 saturated heterocycles. The van der Waals surface area contributed by atoms with E-state index in [4.69, 9.17) is 10.00 Å². The molecule has 0 N–H and O–H groups in total. The van der Waals surface area contributed by atoms with E-state index in [9.17, 15) is 4.39 Å². The van der Waals surface area contributed by atoms with E-state index in [-0.39, 0.29) is 5.82 Å². The summed E-state index contributed by atoms with van der Waals surface area (Å²) in [6.07, 6.45) is 1.68. The summed E-state index contributed by atoms with van der Waals surface area (Å²) in [7, 11) is 1.58. The second-order valence-electron chi connectivity index (χ2n) is 5.58. The molecule has 24 heavy (non-hydrogen) atoms. The monoisotopic (exact) mass is 327 g/mol. The minimum absolute atomic E-state index is 0.271. The first-order valence-corrected chi connectivity index (χ1v) is 7.72. The number of nitrogens with zero attached hydrogens (tertiary/aromatic N) is 5. The van der Waals surface area contributed by atoms with Gasteiger partial charge in [0.25, 0.3) is 0 Å². The van der Waals surface area contributed by atoms with Gasteiger partial charge in [-0.2, -0.15) is 10.2 Å². The summed E-state index contributed by atoms with van der Waals surface area (Å²) in [5.74, 6) is 0.914. The highest BCUT2D eigenvalue weighted by atomic mass is 19.1. The van der Waals surface area contributed by atoms with Crippen molar-refractivity contribution in [2.45, 2.75) is 6.54 Å². The van der Waals surface area contributed by atoms with Crippen LogP contribution in [0.3, 0.4) is 0 Å². The summed E-state index contributed by atoms with van der Waals surface area (Å²) in [5.41, 5.74) is 1.04. The Morgan fingerprint density at radius 2 is 2.04 bits per heavy atom. The van der Waals surface area contributed by atoms with Gasteiger partial charge in [0.05, 0.1) is 18.7 Å². The highest BCUT2D eigenvalue weighted by Gasteiger charge is 2.20. The van der Waals surface area contributed by atoms with Gasteiger partial charge in [0.2, 0.25) is 11.8 Å². The van der Waals surface area contributed by atoms with E-state index in [2.05, 4.69) is 19.8 Å². The van der Waals surface area contributed by atoms with Crippen LogP contribution in [0.5, 0.6) is 5.88 Å². The van der Waals surface area contributed by atoms with Crippen molar-refractivity contribution in [3.63, 3.8) is 0 Å². The summed E-state index contributed by atoms with van der Waals surface area (Å²) in [6, 6.07) is 8.23. The Morgan fingerprint density at radius 3 is 2.75 bits per heavy atom. The number of hydrogen-bond donors (Lipinski definition) is 0. The number of ether oxygens (including phenoxy) is 1. The van der Waals surface area contributed by atoms with Crippen LogP contribution in [0, 0.1) is 17.1 Å². The molecule has 0 spiro atoms. The Morgan fingerprint density at radius 1 is 1.25 bits per heavy atom. The average molecular weight is 327 g/mol. The quantitative estimate of drug-likeness (QED) is 0.853. The van der Waals surface area contributed by atoms with Crippen LogP contribution in [0.1, 0.15) is 11.1 Å². The van der Waals surface area contributed by atoms with Crippen LogP contribution >= 0.6 is 0 Å². The number of anilines is 1. The summed E-state index contributed by atoms with van der Waals surface area (Å²) in [5, 5.41) is 8.95. The zero-order chi connectivity index (χ0) is 16.9. The molecule has 2 heterocycles. The number of benzene rings is 1. The van der Waals surface area contributed by atoms with Gasteiger partial charge in [-0.05, 0) is 18.2 Å². The Bertz CT molecular complexity index is 753. The summed E-state index contributed by atoms with van der Waals surface area (Å²) in [4.78, 5) is 12.9. The van der Waals surface area contributed by atoms with E-state index >= 15 is 0 Å². The molecular formula is C17H18FN5O. The lowest BCUT2D eigenvalue weighted by Crippen LogP contribution is -2.46. The van der Waals surface area contributed by atoms with Crippen molar-refractivity contribution >= 4 is 5.95 Å². The second kappa shape index (κ2) is 7.23. The standard InChI is InChI=1S/C17H18FN5O/c1-24-16-4-5-20-17(21-16)23-8-6-22(7-9-23)12-14-10-13(11-19)2-3-15(14)18/h2-5,10H,6-9,12H2,1H3. The fraction of sp³-hybridized carbons (Fsp3) is 0.353. The molecule has 0 unspecified atom stereocenters. The Labute approximate surface area is 140 Å². The molecule has 1 aliphatic rings. The maximum absolute atomic E-state index is 13.9. The maximum Gasteiger partial charge on any atom is 0.228 e. The fourth-order valence-electron chi connectivity index (χ4n) is 2.71. The highest BCUT2D eigenvalue weighted by molar-refractivity contribution is 5.35. The zero-order valence-corrected chi connectivity index (χ0v) is 13.4. The van der Waals surface area contributed by atoms with Gasteiger partial charge in [-0.15, -0.1) is 0 Å². The fourth-order valence-corrected chi connectivity index (χ4v) is 2.71. The molecule has 3 rings (SSSR count). The van der Waals surface area contributed by atoms with Crippen molar-refractivity contribution in [1.29, 1.82) is 5.26 Å². The molecule has 7 heteroatoms. The molecule has 0 aliphatic carbocycles. The van der Waals surface area contributed by atoms with E-state index in [1.807, 2.05) is 6.07 Å². The van der Waals surface area contributed by atoms with Crippen molar-refractivity contribution in [2.75, 3.05) is 38.2 Å². The van der Waals surface area contributed by atoms with E-state index < -0.39 is 0 Å². The number of halogens is 1. The molecule has 0 bridgehead atoms. The first kappa shape index (κ1) is 16.1. The van der Waals surface area contributed by atoms with Crippen LogP contribution in [0.15, 0.2) is 30.5 Å². The van der Waals surface area contributed by atoms with Crippen LogP contribution in [-0.4, -0.2) is 48.2 Å². The lowest BCUT2D eigenvalue weighted by molar-refractivity contribution is 0.245. The first-order chi connectivity index (χ1) is 11.7. The minimum atomic E-state index is -0.271. The Balaban J connectivity index is 1.62. The van der Waals surface area contributed by atoms with Crippen molar-refractivity contribution in [2.24, 2.45) is 0 Å². The Kier molecular flexibility index (Phi) is 4.87. The van der Waals surface area contributed by atoms with Crippen molar-refractivity contribution in [3.8, 4) is 11.9 Å². The third kappa shape index (κ3) is 3.60. The zero-order valence-electron chi connectivity index (χ0n) is 13.4. The minimum Gasteiger partial charge on any atom is -0.481 e. The molecule has 124 valence electrons. The maximum atomic E-state index is 13.9. The van der Waals surface area contributed by atoms with Crippen LogP contribution in [0.2, 0.25) is 0 Å². The Hall–Kier alpha value is -2.72. The van der Waals surface area contributed by atoms with Crippen LogP contribution in [0.4, 0.5) is 10.3 Å². The molecule has 0 saturated carbocycles. The normalized spacial score (nSPS) is 15.1. The largest absolute Gasteiger partial charge is 0.481 e. The molecule has 0 atom stereocenters. The molecule has 1 aliphatic heterocycles. The predicted octanol–water partition coefficient (Wildman–Crippen LogP) is 1.82. The number of piperazine rings is 1. The van der Waals surface area contributed by atoms with E-state index in [1.54, 1.807) is 25.4 Å². The topological polar surface area (TPSA) is 65.3 Å². The van der Waals surface area contributed by atoms with E-state index in [0.29, 0.717) is 29.5 Å². The smallest absolute Gasteiger partial charge is 0.228 e. The van der Waals surface area contributed by atoms with Crippen molar-refractivity contribution < 1.29 is 9.13 Å². The third-order valence-corrected chi connectivity index (χ3v) is 4.05. The number of aromatic nitrogens is 2. The van der Waals surface area contributed by atoms with Gasteiger partial charge in [-0.3, -0.25) is 4.90 Å². The number of methoxy groups -OCH3 is 1. The summed E-state index contributed by atoms with van der Waals surface area (Å²) < 4.78 is 19.0. The molecule has 1 fully saturated rings.